The van der Waals surface area contributed by atoms with Gasteiger partial charge in [0.05, 0.1) is 12.1 Å². The van der Waals surface area contributed by atoms with Crippen molar-refractivity contribution in [3.8, 4) is 5.75 Å². The van der Waals surface area contributed by atoms with E-state index in [9.17, 15) is 0 Å². The van der Waals surface area contributed by atoms with Crippen molar-refractivity contribution >= 4 is 34.6 Å². The van der Waals surface area contributed by atoms with Gasteiger partial charge in [-0.25, -0.2) is 0 Å². The van der Waals surface area contributed by atoms with Crippen molar-refractivity contribution in [1.29, 1.82) is 0 Å². The maximum Gasteiger partial charge on any atom is 0.170 e. The molecule has 0 fully saturated rings. The molecule has 1 aromatic rings. The summed E-state index contributed by atoms with van der Waals surface area (Å²) >= 11 is 11.2. The minimum absolute atomic E-state index is 0.351. The second kappa shape index (κ2) is 6.67. The Bertz CT molecular complexity index is 398. The van der Waals surface area contributed by atoms with E-state index in [4.69, 9.17) is 28.6 Å². The Morgan fingerprint density at radius 2 is 2.24 bits per heavy atom. The minimum Gasteiger partial charge on any atom is -0.495 e. The zero-order chi connectivity index (χ0) is 12.8. The topological polar surface area (TPSA) is 33.3 Å². The van der Waals surface area contributed by atoms with E-state index in [-0.39, 0.29) is 0 Å². The maximum absolute atomic E-state index is 6.02. The van der Waals surface area contributed by atoms with E-state index in [2.05, 4.69) is 24.5 Å². The van der Waals surface area contributed by atoms with Crippen LogP contribution in [0, 0.1) is 0 Å². The molecule has 0 radical (unpaired) electrons. The Balaban J connectivity index is 2.63. The zero-order valence-corrected chi connectivity index (χ0v) is 11.8. The van der Waals surface area contributed by atoms with E-state index >= 15 is 0 Å². The van der Waals surface area contributed by atoms with Crippen molar-refractivity contribution in [2.75, 3.05) is 12.4 Å². The lowest BCUT2D eigenvalue weighted by molar-refractivity contribution is 0.415. The van der Waals surface area contributed by atoms with E-state index in [1.54, 1.807) is 19.2 Å². The lowest BCUT2D eigenvalue weighted by atomic mass is 10.3. The van der Waals surface area contributed by atoms with Crippen LogP contribution in [0.25, 0.3) is 0 Å². The number of ether oxygens (including phenoxy) is 1. The number of nitrogens with one attached hydrogen (secondary N) is 2. The van der Waals surface area contributed by atoms with Gasteiger partial charge in [-0.2, -0.15) is 0 Å². The summed E-state index contributed by atoms with van der Waals surface area (Å²) in [6.45, 7) is 4.18. The van der Waals surface area contributed by atoms with Crippen molar-refractivity contribution in [3.63, 3.8) is 0 Å². The van der Waals surface area contributed by atoms with Gasteiger partial charge in [0.15, 0.2) is 5.11 Å². The first-order valence-electron chi connectivity index (χ1n) is 5.47. The first-order chi connectivity index (χ1) is 8.06. The molecule has 17 heavy (non-hydrogen) atoms. The molecule has 1 aromatic carbocycles. The van der Waals surface area contributed by atoms with Crippen molar-refractivity contribution < 1.29 is 4.74 Å². The minimum atomic E-state index is 0.351. The van der Waals surface area contributed by atoms with Crippen LogP contribution in [0.15, 0.2) is 18.2 Å². The molecule has 0 saturated carbocycles. The third-order valence-corrected chi connectivity index (χ3v) is 2.91. The number of anilines is 1. The quantitative estimate of drug-likeness (QED) is 0.823. The molecule has 94 valence electrons. The largest absolute Gasteiger partial charge is 0.495 e. The average Bonchev–Trinajstić information content (AvgIpc) is 2.29. The van der Waals surface area contributed by atoms with Gasteiger partial charge < -0.3 is 15.4 Å². The molecule has 0 heterocycles. The fourth-order valence-corrected chi connectivity index (χ4v) is 1.81. The van der Waals surface area contributed by atoms with Gasteiger partial charge in [-0.15, -0.1) is 0 Å². The van der Waals surface area contributed by atoms with Crippen LogP contribution in [-0.4, -0.2) is 18.3 Å². The summed E-state index contributed by atoms with van der Waals surface area (Å²) in [5, 5.41) is 7.41. The predicted octanol–water partition coefficient (Wildman–Crippen LogP) is 3.43. The predicted molar refractivity (Wildman–Crippen MR) is 77.1 cm³/mol. The molecule has 5 heteroatoms. The van der Waals surface area contributed by atoms with Gasteiger partial charge in [0, 0.05) is 11.7 Å². The van der Waals surface area contributed by atoms with Crippen LogP contribution in [0.1, 0.15) is 20.3 Å². The molecule has 0 aromatic heterocycles. The Hall–Kier alpha value is -1.00. The Kier molecular flexibility index (Phi) is 5.51. The van der Waals surface area contributed by atoms with Crippen LogP contribution in [0.4, 0.5) is 5.69 Å². The Morgan fingerprint density at radius 3 is 2.76 bits per heavy atom. The van der Waals surface area contributed by atoms with E-state index in [1.165, 1.54) is 0 Å². The van der Waals surface area contributed by atoms with Crippen LogP contribution >= 0.6 is 23.8 Å². The van der Waals surface area contributed by atoms with Gasteiger partial charge >= 0.3 is 0 Å². The highest BCUT2D eigenvalue weighted by Gasteiger charge is 2.04. The van der Waals surface area contributed by atoms with E-state index in [1.807, 2.05) is 6.07 Å². The number of thiocarbonyl (C=S) groups is 1. The van der Waals surface area contributed by atoms with Gasteiger partial charge in [-0.05, 0) is 43.8 Å². The SMILES string of the molecule is CCC(C)NC(=S)Nc1ccc(OC)c(Cl)c1. The monoisotopic (exact) mass is 272 g/mol. The molecule has 0 spiro atoms. The van der Waals surface area contributed by atoms with Crippen LogP contribution in [0.5, 0.6) is 5.75 Å². The fraction of sp³-hybridized carbons (Fsp3) is 0.417. The molecule has 2 N–H and O–H groups in total. The Morgan fingerprint density at radius 1 is 1.53 bits per heavy atom. The van der Waals surface area contributed by atoms with Crippen LogP contribution in [0.2, 0.25) is 5.02 Å². The lowest BCUT2D eigenvalue weighted by Gasteiger charge is -2.15. The van der Waals surface area contributed by atoms with Crippen molar-refractivity contribution in [3.05, 3.63) is 23.2 Å². The average molecular weight is 273 g/mol. The molecule has 0 aliphatic heterocycles. The Labute approximate surface area is 112 Å². The van der Waals surface area contributed by atoms with Gasteiger partial charge in [0.2, 0.25) is 0 Å². The summed E-state index contributed by atoms with van der Waals surface area (Å²) in [6.07, 6.45) is 1.02. The van der Waals surface area contributed by atoms with Crippen molar-refractivity contribution in [2.24, 2.45) is 0 Å². The standard InChI is InChI=1S/C12H17ClN2OS/c1-4-8(2)14-12(17)15-9-5-6-11(16-3)10(13)7-9/h5-8H,4H2,1-3H3,(H2,14,15,17). The molecule has 3 nitrogen and oxygen atoms in total. The maximum atomic E-state index is 6.02. The van der Waals surface area contributed by atoms with Gasteiger partial charge in [-0.1, -0.05) is 18.5 Å². The van der Waals surface area contributed by atoms with Crippen LogP contribution < -0.4 is 15.4 Å². The second-order valence-corrected chi connectivity index (χ2v) is 4.57. The molecular formula is C12H17ClN2OS. The molecule has 1 atom stereocenters. The number of hydrogen-bond donors (Lipinski definition) is 2. The van der Waals surface area contributed by atoms with E-state index in [0.717, 1.165) is 12.1 Å². The highest BCUT2D eigenvalue weighted by atomic mass is 35.5. The van der Waals surface area contributed by atoms with Crippen LogP contribution in [-0.2, 0) is 0 Å². The van der Waals surface area contributed by atoms with Gasteiger partial charge in [0.25, 0.3) is 0 Å². The highest BCUT2D eigenvalue weighted by molar-refractivity contribution is 7.80. The molecular weight excluding hydrogens is 256 g/mol. The number of benzene rings is 1. The summed E-state index contributed by atoms with van der Waals surface area (Å²) in [5.41, 5.74) is 0.844. The van der Waals surface area contributed by atoms with Gasteiger partial charge in [-0.3, -0.25) is 0 Å². The van der Waals surface area contributed by atoms with Crippen molar-refractivity contribution in [2.45, 2.75) is 26.3 Å². The first-order valence-corrected chi connectivity index (χ1v) is 6.26. The normalized spacial score (nSPS) is 11.8. The van der Waals surface area contributed by atoms with Crippen LogP contribution in [0.3, 0.4) is 0 Å². The summed E-state index contributed by atoms with van der Waals surface area (Å²) in [7, 11) is 1.59. The first kappa shape index (κ1) is 14.1. The summed E-state index contributed by atoms with van der Waals surface area (Å²) in [5.74, 6) is 0.651. The molecule has 0 amide bonds. The van der Waals surface area contributed by atoms with Crippen molar-refractivity contribution in [1.82, 2.24) is 5.32 Å². The number of halogens is 1. The van der Waals surface area contributed by atoms with E-state index in [0.29, 0.717) is 21.9 Å². The number of methoxy groups -OCH3 is 1. The summed E-state index contributed by atoms with van der Waals surface area (Å²) in [6, 6.07) is 5.81. The number of rotatable bonds is 4. The fourth-order valence-electron chi connectivity index (χ4n) is 1.24. The zero-order valence-electron chi connectivity index (χ0n) is 10.2. The third-order valence-electron chi connectivity index (χ3n) is 2.40. The molecule has 1 unspecified atom stereocenters. The molecule has 0 aliphatic rings. The molecule has 0 bridgehead atoms. The molecule has 0 aliphatic carbocycles. The van der Waals surface area contributed by atoms with Gasteiger partial charge in [0.1, 0.15) is 5.75 Å². The summed E-state index contributed by atoms with van der Waals surface area (Å²) < 4.78 is 5.08. The highest BCUT2D eigenvalue weighted by Crippen LogP contribution is 2.27. The molecule has 0 saturated heterocycles. The van der Waals surface area contributed by atoms with E-state index < -0.39 is 0 Å². The second-order valence-electron chi connectivity index (χ2n) is 3.76. The lowest BCUT2D eigenvalue weighted by Crippen LogP contribution is -2.35. The number of hydrogen-bond acceptors (Lipinski definition) is 2. The summed E-state index contributed by atoms with van der Waals surface area (Å²) in [4.78, 5) is 0. The third kappa shape index (κ3) is 4.40. The molecule has 1 rings (SSSR count). The smallest absolute Gasteiger partial charge is 0.170 e.